The van der Waals surface area contributed by atoms with E-state index in [1.54, 1.807) is 0 Å². The number of hydrogen-bond donors (Lipinski definition) is 4. The van der Waals surface area contributed by atoms with Crippen molar-refractivity contribution in [3.63, 3.8) is 0 Å². The molecule has 1 aliphatic rings. The number of nitro groups is 2. The van der Waals surface area contributed by atoms with Crippen LogP contribution in [0.3, 0.4) is 0 Å². The van der Waals surface area contributed by atoms with Gasteiger partial charge in [0.25, 0.3) is 11.6 Å². The molecule has 2 aromatic rings. The molecular weight excluding hydrogens is 432 g/mol. The van der Waals surface area contributed by atoms with Gasteiger partial charge in [0.05, 0.1) is 9.85 Å². The first-order chi connectivity index (χ1) is 15.4. The highest BCUT2D eigenvalue weighted by molar-refractivity contribution is 5.98. The minimum Gasteiger partial charge on any atom is -0.361 e. The van der Waals surface area contributed by atoms with E-state index < -0.39 is 27.1 Å². The van der Waals surface area contributed by atoms with E-state index in [0.29, 0.717) is 12.8 Å². The van der Waals surface area contributed by atoms with Crippen LogP contribution in [0.1, 0.15) is 50.9 Å². The summed E-state index contributed by atoms with van der Waals surface area (Å²) in [7, 11) is 0. The minimum absolute atomic E-state index is 0.0101. The van der Waals surface area contributed by atoms with Crippen LogP contribution in [-0.4, -0.2) is 42.8 Å². The van der Waals surface area contributed by atoms with E-state index in [1.165, 1.54) is 24.3 Å². The number of para-hydroxylation sites is 1. The molecule has 13 heteroatoms. The molecule has 0 saturated carbocycles. The molecule has 176 valence electrons. The van der Waals surface area contributed by atoms with Crippen molar-refractivity contribution in [1.29, 1.82) is 0 Å². The molecule has 0 atom stereocenters. The Morgan fingerprint density at radius 1 is 1.03 bits per heavy atom. The summed E-state index contributed by atoms with van der Waals surface area (Å²) in [5.74, 6) is -1.08. The highest BCUT2D eigenvalue weighted by atomic mass is 16.6. The number of nitro benzene ring substituents is 1. The first-order valence-electron chi connectivity index (χ1n) is 10.2. The third kappa shape index (κ3) is 5.68. The van der Waals surface area contributed by atoms with E-state index in [4.69, 9.17) is 0 Å². The molecule has 4 N–H and O–H groups in total. The normalized spacial score (nSPS) is 17.1. The van der Waals surface area contributed by atoms with Crippen molar-refractivity contribution in [3.8, 4) is 0 Å². The van der Waals surface area contributed by atoms with Crippen molar-refractivity contribution in [2.24, 2.45) is 0 Å². The van der Waals surface area contributed by atoms with Gasteiger partial charge >= 0.3 is 5.69 Å². The van der Waals surface area contributed by atoms with Crippen molar-refractivity contribution >= 4 is 28.9 Å². The molecule has 0 bridgehead atoms. The number of rotatable bonds is 7. The predicted molar refractivity (Wildman–Crippen MR) is 121 cm³/mol. The first-order valence-corrected chi connectivity index (χ1v) is 10.2. The van der Waals surface area contributed by atoms with Gasteiger partial charge in [0, 0.05) is 23.2 Å². The molecule has 0 aliphatic carbocycles. The maximum Gasteiger partial charge on any atom is 0.354 e. The van der Waals surface area contributed by atoms with Crippen LogP contribution in [-0.2, 0) is 0 Å². The number of piperidine rings is 1. The minimum atomic E-state index is -0.841. The van der Waals surface area contributed by atoms with E-state index in [-0.39, 0.29) is 34.3 Å². The smallest absolute Gasteiger partial charge is 0.354 e. The number of carbonyl (C=O) groups is 1. The van der Waals surface area contributed by atoms with Crippen molar-refractivity contribution in [3.05, 3.63) is 56.4 Å². The molecular formula is C20H26N8O5. The van der Waals surface area contributed by atoms with Crippen LogP contribution in [0.4, 0.5) is 23.0 Å². The molecule has 1 amide bonds. The Hall–Kier alpha value is -3.87. The zero-order valence-electron chi connectivity index (χ0n) is 18.7. The number of carbonyl (C=O) groups excluding carboxylic acids is 1. The zero-order valence-corrected chi connectivity index (χ0v) is 18.7. The summed E-state index contributed by atoms with van der Waals surface area (Å²) in [6.07, 6.45) is 2.54. The molecule has 1 aliphatic heterocycles. The number of amides is 1. The van der Waals surface area contributed by atoms with E-state index in [1.807, 2.05) is 0 Å². The summed E-state index contributed by atoms with van der Waals surface area (Å²) in [6.45, 7) is 8.23. The molecule has 1 aromatic carbocycles. The fourth-order valence-corrected chi connectivity index (χ4v) is 4.37. The van der Waals surface area contributed by atoms with Crippen LogP contribution >= 0.6 is 0 Å². The lowest BCUT2D eigenvalue weighted by Crippen LogP contribution is -2.60. The van der Waals surface area contributed by atoms with Gasteiger partial charge < -0.3 is 10.6 Å². The van der Waals surface area contributed by atoms with Gasteiger partial charge in [-0.1, -0.05) is 12.1 Å². The van der Waals surface area contributed by atoms with Gasteiger partial charge in [-0.2, -0.15) is 0 Å². The number of nitrogens with one attached hydrogen (secondary N) is 4. The molecule has 3 rings (SSSR count). The second-order valence-electron chi connectivity index (χ2n) is 9.17. The Kier molecular flexibility index (Phi) is 6.44. The van der Waals surface area contributed by atoms with Crippen LogP contribution in [0.2, 0.25) is 0 Å². The van der Waals surface area contributed by atoms with Gasteiger partial charge in [0.2, 0.25) is 11.6 Å². The molecule has 1 saturated heterocycles. The average Bonchev–Trinajstić information content (AvgIpc) is 2.69. The topological polar surface area (TPSA) is 177 Å². The number of aromatic nitrogens is 2. The predicted octanol–water partition coefficient (Wildman–Crippen LogP) is 2.77. The highest BCUT2D eigenvalue weighted by Gasteiger charge is 2.38. The second-order valence-corrected chi connectivity index (χ2v) is 9.17. The number of nitrogens with zero attached hydrogens (tertiary/aromatic N) is 4. The number of benzene rings is 1. The lowest BCUT2D eigenvalue weighted by Gasteiger charge is -2.46. The lowest BCUT2D eigenvalue weighted by atomic mass is 9.79. The summed E-state index contributed by atoms with van der Waals surface area (Å²) in [5, 5.41) is 29.7. The largest absolute Gasteiger partial charge is 0.361 e. The molecule has 0 spiro atoms. The maximum absolute atomic E-state index is 12.5. The summed E-state index contributed by atoms with van der Waals surface area (Å²) in [4.78, 5) is 42.0. The van der Waals surface area contributed by atoms with E-state index >= 15 is 0 Å². The Morgan fingerprint density at radius 2 is 1.64 bits per heavy atom. The van der Waals surface area contributed by atoms with Crippen molar-refractivity contribution in [2.75, 3.05) is 10.7 Å². The van der Waals surface area contributed by atoms with Crippen LogP contribution in [0, 0.1) is 20.2 Å². The molecule has 13 nitrogen and oxygen atoms in total. The van der Waals surface area contributed by atoms with Crippen LogP contribution in [0.15, 0.2) is 30.6 Å². The fraction of sp³-hybridized carbons (Fsp3) is 0.450. The van der Waals surface area contributed by atoms with Gasteiger partial charge in [0.1, 0.15) is 11.9 Å². The van der Waals surface area contributed by atoms with Gasteiger partial charge in [-0.05, 0) is 46.6 Å². The summed E-state index contributed by atoms with van der Waals surface area (Å²) >= 11 is 0. The number of hydrogen-bond acceptors (Lipinski definition) is 10. The van der Waals surface area contributed by atoms with Crippen LogP contribution in [0.25, 0.3) is 0 Å². The van der Waals surface area contributed by atoms with Crippen LogP contribution < -0.4 is 21.5 Å². The number of anilines is 2. The Bertz CT molecular complexity index is 1070. The van der Waals surface area contributed by atoms with E-state index in [9.17, 15) is 25.0 Å². The van der Waals surface area contributed by atoms with Gasteiger partial charge in [0.15, 0.2) is 0 Å². The van der Waals surface area contributed by atoms with Crippen LogP contribution in [0.5, 0.6) is 0 Å². The van der Waals surface area contributed by atoms with E-state index in [0.717, 1.165) is 6.33 Å². The molecule has 0 radical (unpaired) electrons. The fourth-order valence-electron chi connectivity index (χ4n) is 4.37. The summed E-state index contributed by atoms with van der Waals surface area (Å²) in [6, 6.07) is 5.26. The quantitative estimate of drug-likeness (QED) is 0.356. The van der Waals surface area contributed by atoms with Crippen molar-refractivity contribution < 1.29 is 14.6 Å². The molecule has 33 heavy (non-hydrogen) atoms. The maximum atomic E-state index is 12.5. The number of hydrazine groups is 1. The monoisotopic (exact) mass is 458 g/mol. The summed E-state index contributed by atoms with van der Waals surface area (Å²) < 4.78 is 0. The molecule has 0 unspecified atom stereocenters. The standard InChI is InChI=1S/C20H26N8O5/c1-19(2)9-12(10-20(3,4)26-19)23-16-15(28(32)33)17(22-11-21-16)24-25-18(29)13-7-5-6-8-14(13)27(30)31/h5-8,11-12,26H,9-10H2,1-4H3,(H,25,29)(H2,21,22,23,24). The van der Waals surface area contributed by atoms with Crippen molar-refractivity contribution in [1.82, 2.24) is 20.7 Å². The lowest BCUT2D eigenvalue weighted by molar-refractivity contribution is -0.385. The zero-order chi connectivity index (χ0) is 24.4. The molecule has 1 aromatic heterocycles. The highest BCUT2D eigenvalue weighted by Crippen LogP contribution is 2.34. The Labute approximate surface area is 189 Å². The van der Waals surface area contributed by atoms with E-state index in [2.05, 4.69) is 59.1 Å². The average molecular weight is 458 g/mol. The van der Waals surface area contributed by atoms with Gasteiger partial charge in [-0.25, -0.2) is 9.97 Å². The van der Waals surface area contributed by atoms with Gasteiger partial charge in [-0.3, -0.25) is 35.9 Å². The molecule has 2 heterocycles. The Morgan fingerprint density at radius 3 is 2.24 bits per heavy atom. The Balaban J connectivity index is 1.82. The van der Waals surface area contributed by atoms with Gasteiger partial charge in [-0.15, -0.1) is 0 Å². The third-order valence-corrected chi connectivity index (χ3v) is 5.18. The molecule has 1 fully saturated rings. The first kappa shape index (κ1) is 23.8. The summed E-state index contributed by atoms with van der Waals surface area (Å²) in [5.41, 5.74) is 3.20. The second kappa shape index (κ2) is 8.94. The third-order valence-electron chi connectivity index (χ3n) is 5.18. The van der Waals surface area contributed by atoms with Crippen molar-refractivity contribution in [2.45, 2.75) is 57.7 Å². The SMILES string of the molecule is CC1(C)CC(Nc2ncnc(NNC(=O)c3ccccc3[N+](=O)[O-])c2[N+](=O)[O-])CC(C)(C)N1.